The third kappa shape index (κ3) is 1.76. The summed E-state index contributed by atoms with van der Waals surface area (Å²) < 4.78 is 8.00. The van der Waals surface area contributed by atoms with E-state index < -0.39 is 0 Å². The highest BCUT2D eigenvalue weighted by molar-refractivity contribution is 9.10. The van der Waals surface area contributed by atoms with Crippen molar-refractivity contribution >= 4 is 32.7 Å². The zero-order chi connectivity index (χ0) is 12.7. The molecule has 4 nitrogen and oxygen atoms in total. The van der Waals surface area contributed by atoms with Crippen molar-refractivity contribution < 1.29 is 9.21 Å². The minimum absolute atomic E-state index is 0.210. The zero-order valence-electron chi connectivity index (χ0n) is 9.55. The molecule has 0 bridgehead atoms. The second-order valence-corrected chi connectivity index (χ2v) is 4.83. The van der Waals surface area contributed by atoms with Gasteiger partial charge in [0.1, 0.15) is 11.3 Å². The van der Waals surface area contributed by atoms with Gasteiger partial charge in [-0.05, 0) is 34.1 Å². The molecule has 3 aromatic rings. The van der Waals surface area contributed by atoms with Crippen molar-refractivity contribution in [1.29, 1.82) is 0 Å². The summed E-state index contributed by atoms with van der Waals surface area (Å²) in [4.78, 5) is 12.2. The van der Waals surface area contributed by atoms with Crippen LogP contribution in [0.3, 0.4) is 0 Å². The second-order valence-electron chi connectivity index (χ2n) is 3.97. The average molecular weight is 305 g/mol. The molecule has 0 radical (unpaired) electrons. The molecule has 0 aliphatic heterocycles. The van der Waals surface area contributed by atoms with Gasteiger partial charge in [-0.1, -0.05) is 12.1 Å². The largest absolute Gasteiger partial charge is 0.451 e. The summed E-state index contributed by atoms with van der Waals surface area (Å²) in [5.41, 5.74) is 1.06. The summed E-state index contributed by atoms with van der Waals surface area (Å²) in [6, 6.07) is 9.08. The molecule has 3 rings (SSSR count). The molecule has 1 aromatic carbocycles. The van der Waals surface area contributed by atoms with E-state index in [9.17, 15) is 4.79 Å². The lowest BCUT2D eigenvalue weighted by Gasteiger charge is -1.92. The molecule has 90 valence electrons. The fraction of sp³-hybridized carbons (Fsp3) is 0.0769. The van der Waals surface area contributed by atoms with Crippen LogP contribution >= 0.6 is 15.9 Å². The number of carbonyl (C=O) groups excluding carboxylic acids is 1. The number of nitrogens with zero attached hydrogens (tertiary/aromatic N) is 2. The second kappa shape index (κ2) is 4.10. The molecule has 0 saturated heterocycles. The summed E-state index contributed by atoms with van der Waals surface area (Å²) in [7, 11) is 1.77. The van der Waals surface area contributed by atoms with Crippen molar-refractivity contribution in [2.24, 2.45) is 7.05 Å². The lowest BCUT2D eigenvalue weighted by atomic mass is 10.2. The first-order valence-electron chi connectivity index (χ1n) is 5.37. The number of hydrogen-bond donors (Lipinski definition) is 0. The summed E-state index contributed by atoms with van der Waals surface area (Å²) in [6.07, 6.45) is 1.73. The van der Waals surface area contributed by atoms with Gasteiger partial charge in [-0.3, -0.25) is 9.48 Å². The monoisotopic (exact) mass is 304 g/mol. The Labute approximate surface area is 111 Å². The predicted molar refractivity (Wildman–Crippen MR) is 70.6 cm³/mol. The molecule has 0 atom stereocenters. The first-order chi connectivity index (χ1) is 8.65. The van der Waals surface area contributed by atoms with Gasteiger partial charge in [0, 0.05) is 18.6 Å². The van der Waals surface area contributed by atoms with Gasteiger partial charge in [0.05, 0.1) is 4.47 Å². The molecule has 5 heteroatoms. The molecule has 0 unspecified atom stereocenters. The van der Waals surface area contributed by atoms with Crippen LogP contribution in [0.1, 0.15) is 16.2 Å². The number of rotatable bonds is 2. The number of aryl methyl sites for hydroxylation is 1. The number of fused-ring (bicyclic) bond motifs is 1. The van der Waals surface area contributed by atoms with Gasteiger partial charge >= 0.3 is 0 Å². The number of benzene rings is 1. The number of halogens is 1. The molecule has 0 saturated carbocycles. The number of furan rings is 1. The van der Waals surface area contributed by atoms with Crippen molar-refractivity contribution in [3.63, 3.8) is 0 Å². The SMILES string of the molecule is Cn1ccc(C(=O)c2cc3cccc(Br)c3o2)n1. The van der Waals surface area contributed by atoms with Crippen molar-refractivity contribution in [1.82, 2.24) is 9.78 Å². The third-order valence-electron chi connectivity index (χ3n) is 2.67. The molecule has 0 fully saturated rings. The van der Waals surface area contributed by atoms with Gasteiger partial charge in [0.2, 0.25) is 5.78 Å². The van der Waals surface area contributed by atoms with Crippen molar-refractivity contribution in [3.8, 4) is 0 Å². The average Bonchev–Trinajstić information content (AvgIpc) is 2.95. The summed E-state index contributed by atoms with van der Waals surface area (Å²) in [5, 5.41) is 4.97. The van der Waals surface area contributed by atoms with Crippen LogP contribution in [0.2, 0.25) is 0 Å². The van der Waals surface area contributed by atoms with Gasteiger partial charge < -0.3 is 4.42 Å². The Balaban J connectivity index is 2.10. The lowest BCUT2D eigenvalue weighted by molar-refractivity contribution is 0.101. The minimum atomic E-state index is -0.210. The summed E-state index contributed by atoms with van der Waals surface area (Å²) in [6.45, 7) is 0. The van der Waals surface area contributed by atoms with Gasteiger partial charge in [-0.2, -0.15) is 5.10 Å². The Bertz CT molecular complexity index is 742. The van der Waals surface area contributed by atoms with Crippen molar-refractivity contribution in [2.75, 3.05) is 0 Å². The van der Waals surface area contributed by atoms with E-state index in [2.05, 4.69) is 21.0 Å². The zero-order valence-corrected chi connectivity index (χ0v) is 11.1. The quantitative estimate of drug-likeness (QED) is 0.683. The maximum atomic E-state index is 12.2. The highest BCUT2D eigenvalue weighted by Gasteiger charge is 2.17. The van der Waals surface area contributed by atoms with E-state index in [0.29, 0.717) is 17.0 Å². The van der Waals surface area contributed by atoms with Crippen molar-refractivity contribution in [3.05, 3.63) is 52.5 Å². The normalized spacial score (nSPS) is 11.0. The number of ketones is 1. The number of carbonyl (C=O) groups is 1. The fourth-order valence-electron chi connectivity index (χ4n) is 1.80. The molecule has 18 heavy (non-hydrogen) atoms. The molecule has 2 aromatic heterocycles. The highest BCUT2D eigenvalue weighted by Crippen LogP contribution is 2.27. The van der Waals surface area contributed by atoms with Crippen molar-refractivity contribution in [2.45, 2.75) is 0 Å². The van der Waals surface area contributed by atoms with Crippen LogP contribution in [-0.4, -0.2) is 15.6 Å². The topological polar surface area (TPSA) is 48.0 Å². The lowest BCUT2D eigenvalue weighted by Crippen LogP contribution is -2.01. The van der Waals surface area contributed by atoms with Crippen LogP contribution in [-0.2, 0) is 7.05 Å². The first-order valence-corrected chi connectivity index (χ1v) is 6.17. The Hall–Kier alpha value is -1.88. The third-order valence-corrected chi connectivity index (χ3v) is 3.29. The summed E-state index contributed by atoms with van der Waals surface area (Å²) >= 11 is 3.39. The summed E-state index contributed by atoms with van der Waals surface area (Å²) in [5.74, 6) is 0.0919. The van der Waals surface area contributed by atoms with Crippen LogP contribution in [0.25, 0.3) is 11.0 Å². The van der Waals surface area contributed by atoms with Crippen LogP contribution < -0.4 is 0 Å². The van der Waals surface area contributed by atoms with E-state index in [1.807, 2.05) is 18.2 Å². The number of hydrogen-bond acceptors (Lipinski definition) is 3. The van der Waals surface area contributed by atoms with E-state index in [4.69, 9.17) is 4.42 Å². The van der Waals surface area contributed by atoms with Gasteiger partial charge in [0.25, 0.3) is 0 Å². The van der Waals surface area contributed by atoms with E-state index >= 15 is 0 Å². The van der Waals surface area contributed by atoms with E-state index in [1.54, 1.807) is 30.1 Å². The van der Waals surface area contributed by atoms with Gasteiger partial charge in [-0.15, -0.1) is 0 Å². The smallest absolute Gasteiger partial charge is 0.248 e. The van der Waals surface area contributed by atoms with E-state index in [0.717, 1.165) is 9.86 Å². The predicted octanol–water partition coefficient (Wildman–Crippen LogP) is 3.16. The van der Waals surface area contributed by atoms with Gasteiger partial charge in [-0.25, -0.2) is 0 Å². The molecule has 2 heterocycles. The Morgan fingerprint density at radius 3 is 2.89 bits per heavy atom. The van der Waals surface area contributed by atoms with Crippen LogP contribution in [0.4, 0.5) is 0 Å². The maximum absolute atomic E-state index is 12.2. The van der Waals surface area contributed by atoms with Crippen LogP contribution in [0, 0.1) is 0 Å². The highest BCUT2D eigenvalue weighted by atomic mass is 79.9. The Morgan fingerprint density at radius 2 is 2.22 bits per heavy atom. The van der Waals surface area contributed by atoms with Crippen LogP contribution in [0.5, 0.6) is 0 Å². The first kappa shape index (κ1) is 11.2. The molecular formula is C13H9BrN2O2. The standard InChI is InChI=1S/C13H9BrN2O2/c1-16-6-5-10(15-16)12(17)11-7-8-3-2-4-9(14)13(8)18-11/h2-7H,1H3. The molecule has 0 amide bonds. The molecule has 0 spiro atoms. The van der Waals surface area contributed by atoms with E-state index in [-0.39, 0.29) is 5.78 Å². The Morgan fingerprint density at radius 1 is 1.39 bits per heavy atom. The number of aromatic nitrogens is 2. The fourth-order valence-corrected chi connectivity index (χ4v) is 2.26. The molecule has 0 aliphatic carbocycles. The minimum Gasteiger partial charge on any atom is -0.451 e. The van der Waals surface area contributed by atoms with E-state index in [1.165, 1.54) is 0 Å². The number of para-hydroxylation sites is 1. The molecule has 0 aliphatic rings. The molecule has 0 N–H and O–H groups in total. The van der Waals surface area contributed by atoms with Crippen LogP contribution in [0.15, 0.2) is 45.4 Å². The maximum Gasteiger partial charge on any atom is 0.248 e. The van der Waals surface area contributed by atoms with Gasteiger partial charge in [0.15, 0.2) is 5.76 Å². The Kier molecular flexibility index (Phi) is 2.56. The molecular weight excluding hydrogens is 296 g/mol.